The molecule has 0 radical (unpaired) electrons. The lowest BCUT2D eigenvalue weighted by molar-refractivity contribution is 0.0893. The Hall–Kier alpha value is -1.29. The maximum atomic E-state index is 12.3. The molecule has 0 atom stereocenters. The second-order valence-corrected chi connectivity index (χ2v) is 5.23. The number of amides is 1. The van der Waals surface area contributed by atoms with Crippen LogP contribution in [0.4, 0.5) is 0 Å². The van der Waals surface area contributed by atoms with Gasteiger partial charge in [0.2, 0.25) is 0 Å². The highest BCUT2D eigenvalue weighted by molar-refractivity contribution is 5.93. The fourth-order valence-electron chi connectivity index (χ4n) is 2.79. The summed E-state index contributed by atoms with van der Waals surface area (Å²) in [4.78, 5) is 12.3. The molecule has 1 fully saturated rings. The summed E-state index contributed by atoms with van der Waals surface area (Å²) in [6.07, 6.45) is 7.31. The third kappa shape index (κ3) is 2.58. The van der Waals surface area contributed by atoms with E-state index in [1.165, 1.54) is 0 Å². The Labute approximate surface area is 109 Å². The first-order valence-corrected chi connectivity index (χ1v) is 6.88. The van der Waals surface area contributed by atoms with E-state index in [4.69, 9.17) is 5.73 Å². The van der Waals surface area contributed by atoms with E-state index in [1.54, 1.807) is 0 Å². The van der Waals surface area contributed by atoms with Crippen LogP contribution in [-0.2, 0) is 6.54 Å². The maximum Gasteiger partial charge on any atom is 0.268 e. The lowest BCUT2D eigenvalue weighted by Crippen LogP contribution is -2.52. The minimum absolute atomic E-state index is 0.0146. The number of carbonyl (C=O) groups is 1. The van der Waals surface area contributed by atoms with Gasteiger partial charge in [0.25, 0.3) is 5.91 Å². The molecular formula is C14H23N3O. The summed E-state index contributed by atoms with van der Waals surface area (Å²) in [6, 6.07) is 3.80. The van der Waals surface area contributed by atoms with Crippen LogP contribution in [0.15, 0.2) is 18.3 Å². The van der Waals surface area contributed by atoms with Gasteiger partial charge in [-0.1, -0.05) is 19.8 Å². The average Bonchev–Trinajstić information content (AvgIpc) is 2.99. The highest BCUT2D eigenvalue weighted by atomic mass is 16.2. The summed E-state index contributed by atoms with van der Waals surface area (Å²) in [7, 11) is 0. The van der Waals surface area contributed by atoms with E-state index in [2.05, 4.69) is 12.2 Å². The van der Waals surface area contributed by atoms with Gasteiger partial charge >= 0.3 is 0 Å². The van der Waals surface area contributed by atoms with Crippen molar-refractivity contribution in [2.45, 2.75) is 51.1 Å². The minimum atomic E-state index is -0.168. The van der Waals surface area contributed by atoms with Crippen molar-refractivity contribution in [2.75, 3.05) is 6.54 Å². The van der Waals surface area contributed by atoms with Crippen molar-refractivity contribution in [3.8, 4) is 0 Å². The average molecular weight is 249 g/mol. The van der Waals surface area contributed by atoms with Crippen molar-refractivity contribution in [1.82, 2.24) is 9.88 Å². The molecule has 1 aliphatic carbocycles. The van der Waals surface area contributed by atoms with Gasteiger partial charge in [0, 0.05) is 19.3 Å². The zero-order valence-corrected chi connectivity index (χ0v) is 11.1. The van der Waals surface area contributed by atoms with Crippen LogP contribution < -0.4 is 11.1 Å². The molecule has 2 rings (SSSR count). The van der Waals surface area contributed by atoms with Gasteiger partial charge < -0.3 is 15.6 Å². The molecule has 0 saturated heterocycles. The molecule has 4 heteroatoms. The first-order chi connectivity index (χ1) is 8.71. The van der Waals surface area contributed by atoms with E-state index >= 15 is 0 Å². The number of aromatic nitrogens is 1. The van der Waals surface area contributed by atoms with Crippen molar-refractivity contribution in [1.29, 1.82) is 0 Å². The molecule has 0 aliphatic heterocycles. The Balaban J connectivity index is 2.09. The van der Waals surface area contributed by atoms with E-state index < -0.39 is 0 Å². The number of nitrogens with zero attached hydrogens (tertiary/aromatic N) is 1. The Morgan fingerprint density at radius 3 is 2.83 bits per heavy atom. The molecule has 1 aliphatic rings. The fourth-order valence-corrected chi connectivity index (χ4v) is 2.79. The summed E-state index contributed by atoms with van der Waals surface area (Å²) in [6.45, 7) is 3.53. The highest BCUT2D eigenvalue weighted by Crippen LogP contribution is 2.28. The van der Waals surface area contributed by atoms with Crippen LogP contribution in [0.5, 0.6) is 0 Å². The summed E-state index contributed by atoms with van der Waals surface area (Å²) in [5, 5.41) is 3.16. The van der Waals surface area contributed by atoms with Gasteiger partial charge in [-0.2, -0.15) is 0 Å². The molecule has 0 unspecified atom stereocenters. The Bertz CT molecular complexity index is 405. The topological polar surface area (TPSA) is 60.0 Å². The lowest BCUT2D eigenvalue weighted by atomic mass is 9.97. The number of nitrogens with two attached hydrogens (primary N) is 1. The number of carbonyl (C=O) groups excluding carboxylic acids is 1. The second-order valence-electron chi connectivity index (χ2n) is 5.23. The molecule has 1 amide bonds. The van der Waals surface area contributed by atoms with Gasteiger partial charge in [0.05, 0.1) is 5.54 Å². The predicted octanol–water partition coefficient (Wildman–Crippen LogP) is 1.90. The van der Waals surface area contributed by atoms with Crippen LogP contribution in [0, 0.1) is 0 Å². The quantitative estimate of drug-likeness (QED) is 0.837. The SMILES string of the molecule is CCCn1cccc1C(=O)NC1(CN)CCCC1. The molecule has 100 valence electrons. The largest absolute Gasteiger partial charge is 0.344 e. The Morgan fingerprint density at radius 1 is 1.50 bits per heavy atom. The van der Waals surface area contributed by atoms with E-state index in [0.29, 0.717) is 6.54 Å². The van der Waals surface area contributed by atoms with Crippen LogP contribution >= 0.6 is 0 Å². The minimum Gasteiger partial charge on any atom is -0.344 e. The van der Waals surface area contributed by atoms with E-state index in [1.807, 2.05) is 22.9 Å². The first kappa shape index (κ1) is 13.1. The number of hydrogen-bond donors (Lipinski definition) is 2. The molecule has 18 heavy (non-hydrogen) atoms. The van der Waals surface area contributed by atoms with Crippen molar-refractivity contribution >= 4 is 5.91 Å². The van der Waals surface area contributed by atoms with Crippen LogP contribution in [0.3, 0.4) is 0 Å². The number of hydrogen-bond acceptors (Lipinski definition) is 2. The van der Waals surface area contributed by atoms with E-state index in [-0.39, 0.29) is 11.4 Å². The standard InChI is InChI=1S/C14H23N3O/c1-2-9-17-10-5-6-12(17)13(18)16-14(11-15)7-3-4-8-14/h5-6,10H,2-4,7-9,11,15H2,1H3,(H,16,18). The zero-order valence-electron chi connectivity index (χ0n) is 11.1. The smallest absolute Gasteiger partial charge is 0.268 e. The summed E-state index contributed by atoms with van der Waals surface area (Å²) in [5.74, 6) is 0.0146. The summed E-state index contributed by atoms with van der Waals surface area (Å²) >= 11 is 0. The van der Waals surface area contributed by atoms with E-state index in [9.17, 15) is 4.79 Å². The zero-order chi connectivity index (χ0) is 13.0. The normalized spacial score (nSPS) is 17.9. The Morgan fingerprint density at radius 2 is 2.22 bits per heavy atom. The fraction of sp³-hybridized carbons (Fsp3) is 0.643. The number of rotatable bonds is 5. The van der Waals surface area contributed by atoms with Crippen LogP contribution in [-0.4, -0.2) is 22.6 Å². The summed E-state index contributed by atoms with van der Waals surface area (Å²) < 4.78 is 2.01. The summed E-state index contributed by atoms with van der Waals surface area (Å²) in [5.41, 5.74) is 6.42. The van der Waals surface area contributed by atoms with E-state index in [0.717, 1.165) is 44.3 Å². The Kier molecular flexibility index (Phi) is 4.07. The maximum absolute atomic E-state index is 12.3. The van der Waals surface area contributed by atoms with Gasteiger partial charge in [0.1, 0.15) is 5.69 Å². The molecule has 0 bridgehead atoms. The molecule has 0 aromatic carbocycles. The molecule has 3 N–H and O–H groups in total. The van der Waals surface area contributed by atoms with Crippen molar-refractivity contribution in [2.24, 2.45) is 5.73 Å². The highest BCUT2D eigenvalue weighted by Gasteiger charge is 2.34. The van der Waals surface area contributed by atoms with Gasteiger partial charge in [-0.15, -0.1) is 0 Å². The number of aryl methyl sites for hydroxylation is 1. The molecule has 4 nitrogen and oxygen atoms in total. The monoisotopic (exact) mass is 249 g/mol. The predicted molar refractivity (Wildman–Crippen MR) is 72.4 cm³/mol. The molecular weight excluding hydrogens is 226 g/mol. The second kappa shape index (κ2) is 5.57. The van der Waals surface area contributed by atoms with Gasteiger partial charge in [0.15, 0.2) is 0 Å². The molecule has 0 spiro atoms. The third-order valence-electron chi connectivity index (χ3n) is 3.86. The first-order valence-electron chi connectivity index (χ1n) is 6.88. The van der Waals surface area contributed by atoms with Crippen LogP contribution in [0.25, 0.3) is 0 Å². The molecule has 1 saturated carbocycles. The molecule has 1 aromatic rings. The molecule has 1 heterocycles. The lowest BCUT2D eigenvalue weighted by Gasteiger charge is -2.28. The van der Waals surface area contributed by atoms with Crippen LogP contribution in [0.2, 0.25) is 0 Å². The van der Waals surface area contributed by atoms with Crippen molar-refractivity contribution < 1.29 is 4.79 Å². The number of nitrogens with one attached hydrogen (secondary N) is 1. The molecule has 1 aromatic heterocycles. The van der Waals surface area contributed by atoms with Gasteiger partial charge in [-0.05, 0) is 31.4 Å². The van der Waals surface area contributed by atoms with Gasteiger partial charge in [-0.3, -0.25) is 4.79 Å². The van der Waals surface area contributed by atoms with Gasteiger partial charge in [-0.25, -0.2) is 0 Å². The third-order valence-corrected chi connectivity index (χ3v) is 3.86. The van der Waals surface area contributed by atoms with Crippen molar-refractivity contribution in [3.05, 3.63) is 24.0 Å². The van der Waals surface area contributed by atoms with Crippen LogP contribution in [0.1, 0.15) is 49.5 Å². The van der Waals surface area contributed by atoms with Crippen molar-refractivity contribution in [3.63, 3.8) is 0 Å².